The number of hydrogen-bond acceptors (Lipinski definition) is 12. The molecule has 0 bridgehead atoms. The van der Waals surface area contributed by atoms with Gasteiger partial charge in [-0.15, -0.1) is 11.6 Å². The van der Waals surface area contributed by atoms with Gasteiger partial charge in [0.15, 0.2) is 18.9 Å². The molecule has 0 aromatic carbocycles. The molecule has 0 aliphatic carbocycles. The summed E-state index contributed by atoms with van der Waals surface area (Å²) < 4.78 is 42.2. The van der Waals surface area contributed by atoms with Gasteiger partial charge in [0.2, 0.25) is 0 Å². The van der Waals surface area contributed by atoms with Crippen LogP contribution in [-0.2, 0) is 38.0 Å². The first-order valence-corrected chi connectivity index (χ1v) is 19.4. The summed E-state index contributed by atoms with van der Waals surface area (Å²) in [6.07, 6.45) is 14.2. The molecule has 3 fully saturated rings. The van der Waals surface area contributed by atoms with E-state index in [2.05, 4.69) is 25.2 Å². The van der Waals surface area contributed by atoms with Gasteiger partial charge >= 0.3 is 5.97 Å². The molecule has 0 radical (unpaired) electrons. The number of rotatable bonds is 13. The van der Waals surface area contributed by atoms with E-state index < -0.39 is 91.3 Å². The molecule has 4 rings (SSSR count). The lowest BCUT2D eigenvalue weighted by Crippen LogP contribution is -2.56. The number of alkyl halides is 1. The third-order valence-corrected chi connectivity index (χ3v) is 9.92. The fourth-order valence-electron chi connectivity index (χ4n) is 6.58. The molecule has 0 spiro atoms. The van der Waals surface area contributed by atoms with Crippen LogP contribution in [0.1, 0.15) is 79.1 Å². The molecule has 4 N–H and O–H groups in total. The van der Waals surface area contributed by atoms with Gasteiger partial charge in [-0.1, -0.05) is 73.8 Å². The molecule has 15 atom stereocenters. The first-order chi connectivity index (χ1) is 25.4. The van der Waals surface area contributed by atoms with Crippen LogP contribution in [0, 0.1) is 0 Å². The largest absolute Gasteiger partial charge is 0.455 e. The molecule has 53 heavy (non-hydrogen) atoms. The van der Waals surface area contributed by atoms with Crippen molar-refractivity contribution >= 4 is 17.6 Å². The van der Waals surface area contributed by atoms with E-state index in [0.717, 1.165) is 12.8 Å². The standard InChI is InChI=1S/C40H59ClO12/c1-5-6-7-8-9-10-11-12-13-14-15-16-33-40(30(43)19-17-28(41)18-21-34(46)50-33)53-37-24-32(45)39(27(4)49-37)52-36-23-31(44)38(26(3)48-36)51-35-22-20-29(42)25(2)47-35/h6-7,9-17,19,25-33,35-40,42-45H,5,8,18,20-24H2,1-4H3. The van der Waals surface area contributed by atoms with E-state index in [1.165, 1.54) is 6.08 Å². The van der Waals surface area contributed by atoms with E-state index in [1.807, 2.05) is 24.3 Å². The van der Waals surface area contributed by atoms with E-state index in [0.29, 0.717) is 19.3 Å². The quantitative estimate of drug-likeness (QED) is 0.0876. The highest BCUT2D eigenvalue weighted by Crippen LogP contribution is 2.32. The van der Waals surface area contributed by atoms with Gasteiger partial charge in [-0.3, -0.25) is 4.79 Å². The first-order valence-electron chi connectivity index (χ1n) is 18.9. The second-order valence-corrected chi connectivity index (χ2v) is 14.5. The normalized spacial score (nSPS) is 40.9. The molecule has 298 valence electrons. The molecule has 13 heteroatoms. The Morgan fingerprint density at radius 2 is 1.28 bits per heavy atom. The minimum atomic E-state index is -1.22. The average Bonchev–Trinajstić information content (AvgIpc) is 3.11. The summed E-state index contributed by atoms with van der Waals surface area (Å²) in [5.74, 6) is -0.491. The highest BCUT2D eigenvalue weighted by atomic mass is 35.5. The highest BCUT2D eigenvalue weighted by molar-refractivity contribution is 6.21. The van der Waals surface area contributed by atoms with Crippen molar-refractivity contribution in [1.82, 2.24) is 0 Å². The maximum absolute atomic E-state index is 12.8. The van der Waals surface area contributed by atoms with Crippen molar-refractivity contribution in [3.05, 3.63) is 72.9 Å². The van der Waals surface area contributed by atoms with Gasteiger partial charge in [0, 0.05) is 25.7 Å². The molecule has 12 nitrogen and oxygen atoms in total. The van der Waals surface area contributed by atoms with Crippen LogP contribution >= 0.6 is 11.6 Å². The summed E-state index contributed by atoms with van der Waals surface area (Å²) in [7, 11) is 0. The van der Waals surface area contributed by atoms with Crippen LogP contribution in [-0.4, -0.2) is 118 Å². The van der Waals surface area contributed by atoms with Crippen LogP contribution in [0.5, 0.6) is 0 Å². The number of allylic oxidation sites excluding steroid dienone is 10. The van der Waals surface area contributed by atoms with E-state index >= 15 is 0 Å². The van der Waals surface area contributed by atoms with Crippen LogP contribution in [0.2, 0.25) is 0 Å². The number of halogens is 1. The average molecular weight is 767 g/mol. The van der Waals surface area contributed by atoms with Crippen LogP contribution in [0.4, 0.5) is 0 Å². The molecule has 15 unspecified atom stereocenters. The Morgan fingerprint density at radius 3 is 1.91 bits per heavy atom. The Hall–Kier alpha value is -2.20. The number of hydrogen-bond donors (Lipinski definition) is 4. The number of aliphatic hydroxyl groups is 4. The van der Waals surface area contributed by atoms with E-state index in [9.17, 15) is 25.2 Å². The zero-order chi connectivity index (χ0) is 38.3. The second kappa shape index (κ2) is 22.4. The van der Waals surface area contributed by atoms with Crippen molar-refractivity contribution in [2.75, 3.05) is 0 Å². The molecular formula is C40H59ClO12. The Balaban J connectivity index is 1.36. The van der Waals surface area contributed by atoms with Gasteiger partial charge in [0.05, 0.1) is 42.0 Å². The van der Waals surface area contributed by atoms with Crippen molar-refractivity contribution in [2.45, 2.75) is 170 Å². The lowest BCUT2D eigenvalue weighted by atomic mass is 9.99. The number of aliphatic hydroxyl groups excluding tert-OH is 4. The molecule has 0 saturated carbocycles. The lowest BCUT2D eigenvalue weighted by Gasteiger charge is -2.44. The second-order valence-electron chi connectivity index (χ2n) is 13.9. The van der Waals surface area contributed by atoms with Gasteiger partial charge in [0.1, 0.15) is 30.5 Å². The van der Waals surface area contributed by atoms with Crippen LogP contribution in [0.15, 0.2) is 72.9 Å². The number of cyclic esters (lactones) is 1. The van der Waals surface area contributed by atoms with Gasteiger partial charge in [-0.05, 0) is 52.5 Å². The Labute approximate surface area is 318 Å². The van der Waals surface area contributed by atoms with Gasteiger partial charge in [-0.25, -0.2) is 0 Å². The minimum Gasteiger partial charge on any atom is -0.455 e. The summed E-state index contributed by atoms with van der Waals surface area (Å²) in [4.78, 5) is 12.8. The van der Waals surface area contributed by atoms with E-state index in [1.54, 1.807) is 45.1 Å². The number of ether oxygens (including phenoxy) is 7. The zero-order valence-corrected chi connectivity index (χ0v) is 31.9. The van der Waals surface area contributed by atoms with Gasteiger partial charge < -0.3 is 53.6 Å². The summed E-state index contributed by atoms with van der Waals surface area (Å²) in [6, 6.07) is 0. The van der Waals surface area contributed by atoms with Crippen LogP contribution in [0.3, 0.4) is 0 Å². The van der Waals surface area contributed by atoms with Crippen LogP contribution in [0.25, 0.3) is 0 Å². The molecule has 0 aromatic heterocycles. The number of carbonyl (C=O) groups is 1. The predicted molar refractivity (Wildman–Crippen MR) is 199 cm³/mol. The maximum atomic E-state index is 12.8. The Kier molecular flexibility index (Phi) is 18.4. The fourth-order valence-corrected chi connectivity index (χ4v) is 6.77. The van der Waals surface area contributed by atoms with Crippen LogP contribution < -0.4 is 0 Å². The Morgan fingerprint density at radius 1 is 0.698 bits per heavy atom. The number of carbonyl (C=O) groups excluding carboxylic acids is 1. The predicted octanol–water partition coefficient (Wildman–Crippen LogP) is 4.83. The van der Waals surface area contributed by atoms with Crippen molar-refractivity contribution in [3.63, 3.8) is 0 Å². The summed E-state index contributed by atoms with van der Waals surface area (Å²) >= 11 is 6.32. The van der Waals surface area contributed by atoms with Crippen molar-refractivity contribution < 1.29 is 58.4 Å². The lowest BCUT2D eigenvalue weighted by molar-refractivity contribution is -0.334. The molecule has 0 aromatic rings. The topological polar surface area (TPSA) is 163 Å². The third kappa shape index (κ3) is 14.1. The van der Waals surface area contributed by atoms with Gasteiger partial charge in [0.25, 0.3) is 0 Å². The van der Waals surface area contributed by atoms with E-state index in [-0.39, 0.29) is 25.4 Å². The molecule has 4 aliphatic rings. The third-order valence-electron chi connectivity index (χ3n) is 9.55. The molecule has 0 amide bonds. The zero-order valence-electron chi connectivity index (χ0n) is 31.2. The highest BCUT2D eigenvalue weighted by Gasteiger charge is 2.45. The smallest absolute Gasteiger partial charge is 0.306 e. The summed E-state index contributed by atoms with van der Waals surface area (Å²) in [6.45, 7) is 7.37. The molecule has 4 aliphatic heterocycles. The van der Waals surface area contributed by atoms with Crippen molar-refractivity contribution in [1.29, 1.82) is 0 Å². The van der Waals surface area contributed by atoms with Gasteiger partial charge in [-0.2, -0.15) is 0 Å². The van der Waals surface area contributed by atoms with E-state index in [4.69, 9.17) is 44.8 Å². The first kappa shape index (κ1) is 43.5. The Bertz CT molecular complexity index is 1260. The molecule has 3 saturated heterocycles. The van der Waals surface area contributed by atoms with Crippen molar-refractivity contribution in [3.8, 4) is 0 Å². The summed E-state index contributed by atoms with van der Waals surface area (Å²) in [5.41, 5.74) is 0. The molecule has 4 heterocycles. The maximum Gasteiger partial charge on any atom is 0.306 e. The summed E-state index contributed by atoms with van der Waals surface area (Å²) in [5, 5.41) is 42.9. The SMILES string of the molecule is CCC=CCC=CC=CC=CC=CC1OC(=O)CCC(Cl)C=CC(O)C1OC1CC(O)C(OC2CC(O)C(OC3CCC(O)C(C)O3)C(C)O2)C(C)O1. The fraction of sp³-hybridized carbons (Fsp3) is 0.675. The van der Waals surface area contributed by atoms with Crippen molar-refractivity contribution in [2.24, 2.45) is 0 Å². The molecular weight excluding hydrogens is 708 g/mol. The monoisotopic (exact) mass is 766 g/mol. The minimum absolute atomic E-state index is 0.0173. The number of esters is 1.